The Labute approximate surface area is 178 Å². The topological polar surface area (TPSA) is 0 Å². The minimum atomic E-state index is 0.254. The first-order chi connectivity index (χ1) is 14.6. The van der Waals surface area contributed by atoms with Gasteiger partial charge in [-0.15, -0.1) is 0 Å². The maximum absolute atomic E-state index is 2.37. The molecule has 0 aromatic heterocycles. The second-order valence-electron chi connectivity index (χ2n) is 8.75. The molecule has 5 aromatic rings. The highest BCUT2D eigenvalue weighted by atomic mass is 14.2. The number of hydrogen-bond acceptors (Lipinski definition) is 0. The van der Waals surface area contributed by atoms with Gasteiger partial charge in [0.25, 0.3) is 0 Å². The van der Waals surface area contributed by atoms with Gasteiger partial charge in [0.2, 0.25) is 6.71 Å². The van der Waals surface area contributed by atoms with Crippen molar-refractivity contribution in [1.29, 1.82) is 0 Å². The van der Waals surface area contributed by atoms with Crippen molar-refractivity contribution in [2.75, 3.05) is 0 Å². The van der Waals surface area contributed by atoms with Gasteiger partial charge in [0.1, 0.15) is 0 Å². The Morgan fingerprint density at radius 3 is 2.10 bits per heavy atom. The molecule has 30 heavy (non-hydrogen) atoms. The van der Waals surface area contributed by atoms with Crippen molar-refractivity contribution in [2.24, 2.45) is 0 Å². The number of hydrogen-bond donors (Lipinski definition) is 0. The lowest BCUT2D eigenvalue weighted by molar-refractivity contribution is 1.35. The number of aryl methyl sites for hydroxylation is 3. The second kappa shape index (κ2) is 6.34. The summed E-state index contributed by atoms with van der Waals surface area (Å²) in [5.74, 6) is 0. The standard InChI is InChI=1S/C29H23B/c1-18-16-19(2)29(20(3)17-18)30-25-13-7-10-22-9-6-12-24(27(22)25)28-23-11-5-4-8-21(23)14-15-26(28)30/h4-17H,1-3H3. The van der Waals surface area contributed by atoms with Gasteiger partial charge in [-0.25, -0.2) is 0 Å². The molecule has 0 N–H and O–H groups in total. The van der Waals surface area contributed by atoms with Gasteiger partial charge in [-0.2, -0.15) is 0 Å². The predicted molar refractivity (Wildman–Crippen MR) is 132 cm³/mol. The lowest BCUT2D eigenvalue weighted by Gasteiger charge is -2.30. The van der Waals surface area contributed by atoms with Crippen molar-refractivity contribution in [3.05, 3.63) is 102 Å². The summed E-state index contributed by atoms with van der Waals surface area (Å²) in [5.41, 5.74) is 11.2. The highest BCUT2D eigenvalue weighted by Crippen LogP contribution is 2.35. The molecule has 0 bridgehead atoms. The van der Waals surface area contributed by atoms with Gasteiger partial charge >= 0.3 is 0 Å². The van der Waals surface area contributed by atoms with Gasteiger partial charge in [0, 0.05) is 0 Å². The molecule has 0 radical (unpaired) electrons. The number of rotatable bonds is 1. The fourth-order valence-electron chi connectivity index (χ4n) is 5.77. The van der Waals surface area contributed by atoms with Crippen LogP contribution in [-0.2, 0) is 0 Å². The van der Waals surface area contributed by atoms with Crippen molar-refractivity contribution in [2.45, 2.75) is 20.8 Å². The van der Waals surface area contributed by atoms with Crippen LogP contribution in [0.1, 0.15) is 16.7 Å². The van der Waals surface area contributed by atoms with Crippen LogP contribution in [0.5, 0.6) is 0 Å². The van der Waals surface area contributed by atoms with E-state index >= 15 is 0 Å². The molecular formula is C29H23B. The van der Waals surface area contributed by atoms with Crippen LogP contribution in [0.3, 0.4) is 0 Å². The molecule has 0 amide bonds. The van der Waals surface area contributed by atoms with Crippen LogP contribution in [-0.4, -0.2) is 6.71 Å². The summed E-state index contributed by atoms with van der Waals surface area (Å²) < 4.78 is 0. The van der Waals surface area contributed by atoms with E-state index in [-0.39, 0.29) is 6.71 Å². The van der Waals surface area contributed by atoms with E-state index in [1.807, 2.05) is 0 Å². The zero-order valence-corrected chi connectivity index (χ0v) is 17.7. The summed E-state index contributed by atoms with van der Waals surface area (Å²) in [4.78, 5) is 0. The normalized spacial score (nSPS) is 12.4. The third-order valence-corrected chi connectivity index (χ3v) is 6.82. The summed E-state index contributed by atoms with van der Waals surface area (Å²) in [6.45, 7) is 7.00. The molecule has 5 aromatic carbocycles. The Morgan fingerprint density at radius 2 is 1.30 bits per heavy atom. The fraction of sp³-hybridized carbons (Fsp3) is 0.103. The third-order valence-electron chi connectivity index (χ3n) is 6.82. The Hall–Kier alpha value is -3.32. The average Bonchev–Trinajstić information content (AvgIpc) is 2.75. The molecule has 0 fully saturated rings. The van der Waals surface area contributed by atoms with E-state index in [2.05, 4.69) is 106 Å². The number of benzene rings is 5. The predicted octanol–water partition coefficient (Wildman–Crippen LogP) is 5.41. The van der Waals surface area contributed by atoms with E-state index in [9.17, 15) is 0 Å². The van der Waals surface area contributed by atoms with Crippen molar-refractivity contribution in [3.8, 4) is 11.1 Å². The largest absolute Gasteiger partial charge is 0.243 e. The van der Waals surface area contributed by atoms with Gasteiger partial charge < -0.3 is 0 Å². The van der Waals surface area contributed by atoms with Gasteiger partial charge in [0.15, 0.2) is 0 Å². The minimum Gasteiger partial charge on any atom is -0.0663 e. The maximum Gasteiger partial charge on any atom is 0.243 e. The van der Waals surface area contributed by atoms with Crippen LogP contribution in [0.25, 0.3) is 32.7 Å². The third kappa shape index (κ3) is 2.35. The molecule has 1 aliphatic rings. The molecule has 0 atom stereocenters. The molecule has 6 rings (SSSR count). The minimum absolute atomic E-state index is 0.254. The van der Waals surface area contributed by atoms with Crippen LogP contribution in [0, 0.1) is 20.8 Å². The molecule has 0 saturated carbocycles. The molecule has 0 unspecified atom stereocenters. The van der Waals surface area contributed by atoms with E-state index in [4.69, 9.17) is 0 Å². The van der Waals surface area contributed by atoms with Gasteiger partial charge in [0.05, 0.1) is 0 Å². The van der Waals surface area contributed by atoms with Crippen LogP contribution in [0.15, 0.2) is 84.9 Å². The molecule has 1 aliphatic heterocycles. The highest BCUT2D eigenvalue weighted by Gasteiger charge is 2.34. The molecule has 142 valence electrons. The molecular weight excluding hydrogens is 359 g/mol. The monoisotopic (exact) mass is 382 g/mol. The average molecular weight is 382 g/mol. The molecule has 1 heterocycles. The zero-order valence-electron chi connectivity index (χ0n) is 17.7. The Balaban J connectivity index is 1.83. The molecule has 0 saturated heterocycles. The SMILES string of the molecule is Cc1cc(C)c(B2c3ccc4ccccc4c3-c3cccc4cccc2c34)c(C)c1. The Bertz CT molecular complexity index is 1450. The van der Waals surface area contributed by atoms with Gasteiger partial charge in [-0.05, 0) is 53.4 Å². The first-order valence-corrected chi connectivity index (χ1v) is 10.7. The lowest BCUT2D eigenvalue weighted by Crippen LogP contribution is -2.56. The summed E-state index contributed by atoms with van der Waals surface area (Å²) in [6, 6.07) is 31.7. The van der Waals surface area contributed by atoms with E-state index in [1.165, 1.54) is 65.8 Å². The number of fused-ring (bicyclic) bond motifs is 4. The van der Waals surface area contributed by atoms with E-state index < -0.39 is 0 Å². The molecule has 0 spiro atoms. The lowest BCUT2D eigenvalue weighted by atomic mass is 9.32. The van der Waals surface area contributed by atoms with E-state index in [0.29, 0.717) is 0 Å². The molecule has 1 heteroatoms. The Morgan fingerprint density at radius 1 is 0.600 bits per heavy atom. The fourth-order valence-corrected chi connectivity index (χ4v) is 5.77. The highest BCUT2D eigenvalue weighted by molar-refractivity contribution is 6.99. The summed E-state index contributed by atoms with van der Waals surface area (Å²) in [6.07, 6.45) is 0. The summed E-state index contributed by atoms with van der Waals surface area (Å²) >= 11 is 0. The van der Waals surface area contributed by atoms with Crippen molar-refractivity contribution in [1.82, 2.24) is 0 Å². The zero-order chi connectivity index (χ0) is 20.4. The Kier molecular flexibility index (Phi) is 3.71. The first-order valence-electron chi connectivity index (χ1n) is 10.7. The smallest absolute Gasteiger partial charge is 0.0663 e. The summed E-state index contributed by atoms with van der Waals surface area (Å²) in [5, 5.41) is 5.40. The van der Waals surface area contributed by atoms with Crippen LogP contribution >= 0.6 is 0 Å². The molecule has 0 aliphatic carbocycles. The second-order valence-corrected chi connectivity index (χ2v) is 8.75. The van der Waals surface area contributed by atoms with E-state index in [0.717, 1.165) is 0 Å². The van der Waals surface area contributed by atoms with Crippen molar-refractivity contribution < 1.29 is 0 Å². The van der Waals surface area contributed by atoms with Crippen LogP contribution in [0.2, 0.25) is 0 Å². The van der Waals surface area contributed by atoms with Crippen LogP contribution < -0.4 is 16.4 Å². The van der Waals surface area contributed by atoms with E-state index in [1.54, 1.807) is 0 Å². The quantitative estimate of drug-likeness (QED) is 0.334. The van der Waals surface area contributed by atoms with Crippen LogP contribution in [0.4, 0.5) is 0 Å². The van der Waals surface area contributed by atoms with Gasteiger partial charge in [-0.1, -0.05) is 118 Å². The summed E-state index contributed by atoms with van der Waals surface area (Å²) in [7, 11) is 0. The first kappa shape index (κ1) is 17.5. The van der Waals surface area contributed by atoms with Gasteiger partial charge in [-0.3, -0.25) is 0 Å². The van der Waals surface area contributed by atoms with Crippen molar-refractivity contribution >= 4 is 44.6 Å². The molecule has 0 nitrogen and oxygen atoms in total. The van der Waals surface area contributed by atoms with Crippen molar-refractivity contribution in [3.63, 3.8) is 0 Å². The maximum atomic E-state index is 2.37.